The minimum absolute atomic E-state index is 0.0765. The fourth-order valence-electron chi connectivity index (χ4n) is 2.53. The number of benzene rings is 1. The van der Waals surface area contributed by atoms with Crippen molar-refractivity contribution < 1.29 is 4.79 Å². The molecular weight excluding hydrogens is 250 g/mol. The summed E-state index contributed by atoms with van der Waals surface area (Å²) >= 11 is 0. The topological polar surface area (TPSA) is 44.4 Å². The molecule has 0 spiro atoms. The van der Waals surface area contributed by atoms with E-state index in [1.54, 1.807) is 0 Å². The Bertz CT molecular complexity index is 424. The molecule has 0 saturated carbocycles. The number of rotatable bonds is 5. The highest BCUT2D eigenvalue weighted by Gasteiger charge is 2.22. The van der Waals surface area contributed by atoms with Crippen LogP contribution in [0.2, 0.25) is 0 Å². The summed E-state index contributed by atoms with van der Waals surface area (Å²) < 4.78 is 0. The lowest BCUT2D eigenvalue weighted by atomic mass is 10.1. The van der Waals surface area contributed by atoms with Crippen LogP contribution in [-0.2, 0) is 11.2 Å². The molecule has 1 amide bonds. The highest BCUT2D eigenvalue weighted by molar-refractivity contribution is 5.94. The molecule has 1 unspecified atom stereocenters. The van der Waals surface area contributed by atoms with Gasteiger partial charge in [0, 0.05) is 31.9 Å². The van der Waals surface area contributed by atoms with Gasteiger partial charge in [-0.2, -0.15) is 0 Å². The van der Waals surface area contributed by atoms with Crippen LogP contribution in [0, 0.1) is 0 Å². The maximum Gasteiger partial charge on any atom is 0.241 e. The molecule has 1 heterocycles. The summed E-state index contributed by atoms with van der Waals surface area (Å²) in [6.07, 6.45) is 2.23. The van der Waals surface area contributed by atoms with E-state index >= 15 is 0 Å². The van der Waals surface area contributed by atoms with Crippen molar-refractivity contribution in [2.75, 3.05) is 31.5 Å². The first-order chi connectivity index (χ1) is 9.70. The molecule has 1 saturated heterocycles. The number of amides is 1. The molecule has 1 aliphatic rings. The lowest BCUT2D eigenvalue weighted by Crippen LogP contribution is -2.51. The highest BCUT2D eigenvalue weighted by atomic mass is 16.2. The second-order valence-corrected chi connectivity index (χ2v) is 5.40. The van der Waals surface area contributed by atoms with Crippen LogP contribution >= 0.6 is 0 Å². The van der Waals surface area contributed by atoms with Crippen molar-refractivity contribution in [1.82, 2.24) is 10.2 Å². The average Bonchev–Trinajstić information content (AvgIpc) is 2.49. The number of anilines is 1. The Kier molecular flexibility index (Phi) is 5.56. The second-order valence-electron chi connectivity index (χ2n) is 5.40. The van der Waals surface area contributed by atoms with Crippen molar-refractivity contribution in [1.29, 1.82) is 0 Å². The van der Waals surface area contributed by atoms with Gasteiger partial charge in [-0.05, 0) is 31.0 Å². The van der Waals surface area contributed by atoms with Gasteiger partial charge in [-0.15, -0.1) is 0 Å². The predicted molar refractivity (Wildman–Crippen MR) is 83.0 cm³/mol. The van der Waals surface area contributed by atoms with Gasteiger partial charge in [0.1, 0.15) is 0 Å². The van der Waals surface area contributed by atoms with Gasteiger partial charge >= 0.3 is 0 Å². The maximum atomic E-state index is 12.2. The molecule has 4 nitrogen and oxygen atoms in total. The lowest BCUT2D eigenvalue weighted by Gasteiger charge is -2.31. The van der Waals surface area contributed by atoms with E-state index in [4.69, 9.17) is 0 Å². The van der Waals surface area contributed by atoms with Crippen molar-refractivity contribution >= 4 is 11.6 Å². The lowest BCUT2D eigenvalue weighted by molar-refractivity contribution is -0.120. The number of carbonyl (C=O) groups is 1. The number of aryl methyl sites for hydroxylation is 1. The molecular formula is C16H25N3O. The van der Waals surface area contributed by atoms with E-state index in [9.17, 15) is 4.79 Å². The number of hydrogen-bond donors (Lipinski definition) is 2. The predicted octanol–water partition coefficient (Wildman–Crippen LogP) is 1.87. The van der Waals surface area contributed by atoms with Crippen LogP contribution in [0.4, 0.5) is 5.69 Å². The molecule has 2 N–H and O–H groups in total. The van der Waals surface area contributed by atoms with Gasteiger partial charge in [-0.1, -0.05) is 25.5 Å². The van der Waals surface area contributed by atoms with Crippen LogP contribution in [0.25, 0.3) is 0 Å². The minimum atomic E-state index is -0.0765. The van der Waals surface area contributed by atoms with E-state index in [-0.39, 0.29) is 11.9 Å². The van der Waals surface area contributed by atoms with Crippen molar-refractivity contribution in [2.24, 2.45) is 0 Å². The summed E-state index contributed by atoms with van der Waals surface area (Å²) in [6, 6.07) is 8.09. The third-order valence-electron chi connectivity index (χ3n) is 3.84. The third-order valence-corrected chi connectivity index (χ3v) is 3.84. The average molecular weight is 275 g/mol. The van der Waals surface area contributed by atoms with Gasteiger partial charge in [-0.3, -0.25) is 9.69 Å². The van der Waals surface area contributed by atoms with Gasteiger partial charge in [0.15, 0.2) is 0 Å². The first-order valence-corrected chi connectivity index (χ1v) is 7.55. The van der Waals surface area contributed by atoms with E-state index in [0.29, 0.717) is 0 Å². The largest absolute Gasteiger partial charge is 0.325 e. The van der Waals surface area contributed by atoms with Crippen molar-refractivity contribution in [2.45, 2.75) is 32.7 Å². The Balaban J connectivity index is 1.89. The first kappa shape index (κ1) is 15.0. The third kappa shape index (κ3) is 4.05. The normalized spacial score (nSPS) is 17.7. The molecule has 0 bridgehead atoms. The van der Waals surface area contributed by atoms with E-state index < -0.39 is 0 Å². The molecule has 0 radical (unpaired) electrons. The zero-order valence-electron chi connectivity index (χ0n) is 12.5. The van der Waals surface area contributed by atoms with Crippen LogP contribution < -0.4 is 10.6 Å². The molecule has 1 aromatic rings. The Morgan fingerprint density at radius 1 is 1.30 bits per heavy atom. The van der Waals surface area contributed by atoms with Crippen molar-refractivity contribution in [3.05, 3.63) is 29.8 Å². The molecule has 1 atom stereocenters. The quantitative estimate of drug-likeness (QED) is 0.862. The molecule has 4 heteroatoms. The molecule has 20 heavy (non-hydrogen) atoms. The monoisotopic (exact) mass is 275 g/mol. The number of hydrogen-bond acceptors (Lipinski definition) is 3. The molecule has 110 valence electrons. The number of nitrogens with one attached hydrogen (secondary N) is 2. The Labute approximate surface area is 121 Å². The molecule has 1 aromatic carbocycles. The SMILES string of the molecule is CCCc1ccc(NC(=O)C(C)N2CCNCC2)cc1. The maximum absolute atomic E-state index is 12.2. The molecule has 0 aromatic heterocycles. The standard InChI is InChI=1S/C16H25N3O/c1-3-4-14-5-7-15(8-6-14)18-16(20)13(2)19-11-9-17-10-12-19/h5-8,13,17H,3-4,9-12H2,1-2H3,(H,18,20). The zero-order valence-corrected chi connectivity index (χ0v) is 12.5. The number of piperazine rings is 1. The van der Waals surface area contributed by atoms with Crippen LogP contribution in [0.15, 0.2) is 24.3 Å². The Hall–Kier alpha value is -1.39. The van der Waals surface area contributed by atoms with Crippen LogP contribution in [0.1, 0.15) is 25.8 Å². The zero-order chi connectivity index (χ0) is 14.4. The van der Waals surface area contributed by atoms with Gasteiger partial charge in [0.05, 0.1) is 6.04 Å². The van der Waals surface area contributed by atoms with Gasteiger partial charge < -0.3 is 10.6 Å². The molecule has 0 aliphatic carbocycles. The summed E-state index contributed by atoms with van der Waals surface area (Å²) in [5.74, 6) is 0.0788. The highest BCUT2D eigenvalue weighted by Crippen LogP contribution is 2.12. The van der Waals surface area contributed by atoms with Gasteiger partial charge in [0.25, 0.3) is 0 Å². The van der Waals surface area contributed by atoms with E-state index in [1.807, 2.05) is 19.1 Å². The smallest absolute Gasteiger partial charge is 0.241 e. The minimum Gasteiger partial charge on any atom is -0.325 e. The number of carbonyl (C=O) groups excluding carboxylic acids is 1. The van der Waals surface area contributed by atoms with Crippen molar-refractivity contribution in [3.63, 3.8) is 0 Å². The van der Waals surface area contributed by atoms with Crippen molar-refractivity contribution in [3.8, 4) is 0 Å². The van der Waals surface area contributed by atoms with Crippen LogP contribution in [0.5, 0.6) is 0 Å². The molecule has 1 fully saturated rings. The Morgan fingerprint density at radius 2 is 1.95 bits per heavy atom. The fraction of sp³-hybridized carbons (Fsp3) is 0.562. The van der Waals surface area contributed by atoms with E-state index in [0.717, 1.165) is 44.7 Å². The fourth-order valence-corrected chi connectivity index (χ4v) is 2.53. The van der Waals surface area contributed by atoms with Gasteiger partial charge in [0.2, 0.25) is 5.91 Å². The molecule has 2 rings (SSSR count). The summed E-state index contributed by atoms with van der Waals surface area (Å²) in [7, 11) is 0. The summed E-state index contributed by atoms with van der Waals surface area (Å²) in [4.78, 5) is 14.5. The van der Waals surface area contributed by atoms with E-state index in [1.165, 1.54) is 5.56 Å². The summed E-state index contributed by atoms with van der Waals surface area (Å²) in [6.45, 7) is 7.94. The second kappa shape index (κ2) is 7.41. The van der Waals surface area contributed by atoms with Crippen LogP contribution in [0.3, 0.4) is 0 Å². The van der Waals surface area contributed by atoms with E-state index in [2.05, 4.69) is 34.6 Å². The van der Waals surface area contributed by atoms with Crippen LogP contribution in [-0.4, -0.2) is 43.0 Å². The Morgan fingerprint density at radius 3 is 2.55 bits per heavy atom. The number of nitrogens with zero attached hydrogens (tertiary/aromatic N) is 1. The van der Waals surface area contributed by atoms with Gasteiger partial charge in [-0.25, -0.2) is 0 Å². The summed E-state index contributed by atoms with van der Waals surface area (Å²) in [5.41, 5.74) is 2.21. The summed E-state index contributed by atoms with van der Waals surface area (Å²) in [5, 5.41) is 6.31. The first-order valence-electron chi connectivity index (χ1n) is 7.55. The molecule has 1 aliphatic heterocycles.